The molecule has 2 aliphatic rings. The number of likely N-dealkylation sites (N-methyl/N-ethyl adjacent to an activating group) is 1. The number of azide groups is 1. The van der Waals surface area contributed by atoms with Crippen LogP contribution < -0.4 is 15.2 Å². The first-order valence-electron chi connectivity index (χ1n) is 13.4. The van der Waals surface area contributed by atoms with E-state index in [1.165, 1.54) is 5.69 Å². The molecule has 0 amide bonds. The Labute approximate surface area is 233 Å². The molecule has 0 spiro atoms. The zero-order valence-corrected chi connectivity index (χ0v) is 23.0. The Bertz CT molecular complexity index is 1730. The summed E-state index contributed by atoms with van der Waals surface area (Å²) in [6.45, 7) is 7.28. The van der Waals surface area contributed by atoms with Crippen LogP contribution in [0.4, 0.5) is 17.1 Å². The number of anilines is 2. The van der Waals surface area contributed by atoms with Gasteiger partial charge in [0.2, 0.25) is 0 Å². The molecule has 0 N–H and O–H groups in total. The molecule has 1 aliphatic heterocycles. The molecule has 0 aromatic heterocycles. The van der Waals surface area contributed by atoms with Crippen molar-refractivity contribution in [2.75, 3.05) is 43.0 Å². The molecular weight excluding hydrogens is 498 g/mol. The number of benzene rings is 4. The molecule has 0 bridgehead atoms. The summed E-state index contributed by atoms with van der Waals surface area (Å²) in [6.07, 6.45) is 0. The summed E-state index contributed by atoms with van der Waals surface area (Å²) < 4.78 is 2.25. The third kappa shape index (κ3) is 5.66. The molecular formula is C31H32N9+. The summed E-state index contributed by atoms with van der Waals surface area (Å²) in [4.78, 5) is 16.7. The molecule has 40 heavy (non-hydrogen) atoms. The molecule has 9 heteroatoms. The fraction of sp³-hybridized carbons (Fsp3) is 0.226. The summed E-state index contributed by atoms with van der Waals surface area (Å²) in [6, 6.07) is 30.6. The molecule has 1 aliphatic carbocycles. The minimum absolute atomic E-state index is 0.417. The van der Waals surface area contributed by atoms with Crippen LogP contribution in [-0.2, 0) is 0 Å². The fourth-order valence-electron chi connectivity index (χ4n) is 4.79. The summed E-state index contributed by atoms with van der Waals surface area (Å²) in [7, 11) is 1.96. The van der Waals surface area contributed by atoms with Gasteiger partial charge in [-0.05, 0) is 80.0 Å². The van der Waals surface area contributed by atoms with E-state index in [1.807, 2.05) is 60.5 Å². The van der Waals surface area contributed by atoms with Crippen molar-refractivity contribution < 1.29 is 4.79 Å². The molecule has 9 nitrogen and oxygen atoms in total. The Morgan fingerprint density at radius 3 is 2.35 bits per heavy atom. The molecule has 1 heterocycles. The normalized spacial score (nSPS) is 10.7. The van der Waals surface area contributed by atoms with E-state index >= 15 is 0 Å². The smallest absolute Gasteiger partial charge is 0.367 e. The highest BCUT2D eigenvalue weighted by atomic mass is 15.2. The van der Waals surface area contributed by atoms with E-state index in [4.69, 9.17) is 10.5 Å². The first-order valence-corrected chi connectivity index (χ1v) is 13.4. The third-order valence-electron chi connectivity index (χ3n) is 6.95. The van der Waals surface area contributed by atoms with Gasteiger partial charge in [-0.25, -0.2) is 4.98 Å². The van der Waals surface area contributed by atoms with Gasteiger partial charge in [0.1, 0.15) is 10.8 Å². The first kappa shape index (κ1) is 26.5. The summed E-state index contributed by atoms with van der Waals surface area (Å²) >= 11 is 0. The average Bonchev–Trinajstić information content (AvgIpc) is 3.00. The number of rotatable bonds is 9. The van der Waals surface area contributed by atoms with Crippen LogP contribution >= 0.6 is 0 Å². The number of para-hydroxylation sites is 1. The van der Waals surface area contributed by atoms with E-state index in [1.54, 1.807) is 0 Å². The highest BCUT2D eigenvalue weighted by molar-refractivity contribution is 5.85. The van der Waals surface area contributed by atoms with Crippen molar-refractivity contribution in [1.82, 2.24) is 9.55 Å². The lowest BCUT2D eigenvalue weighted by Crippen LogP contribution is -2.22. The Balaban J connectivity index is 1.60. The van der Waals surface area contributed by atoms with Crippen molar-refractivity contribution in [1.29, 1.82) is 0 Å². The van der Waals surface area contributed by atoms with Crippen molar-refractivity contribution >= 4 is 28.1 Å². The lowest BCUT2D eigenvalue weighted by atomic mass is 10.1. The van der Waals surface area contributed by atoms with Gasteiger partial charge < -0.3 is 14.4 Å². The van der Waals surface area contributed by atoms with E-state index < -0.39 is 0 Å². The standard InChI is InChI=1S/C31H32N9/c1-4-39(5-2)27-16-18-29-31(22-27)40(26-9-7-6-8-10-26)30-21-24(13-17-28(30)34-29)36-35-23-11-14-25(15-12-23)38(3)20-19-33-37-32/h6-18,21-22H,4-5,19-20H2,1-3H3/q+1. The van der Waals surface area contributed by atoms with E-state index in [0.717, 1.165) is 57.9 Å². The maximum absolute atomic E-state index is 8.48. The van der Waals surface area contributed by atoms with E-state index in [0.29, 0.717) is 13.1 Å². The Kier molecular flexibility index (Phi) is 8.07. The van der Waals surface area contributed by atoms with Crippen LogP contribution in [0.3, 0.4) is 0 Å². The van der Waals surface area contributed by atoms with Gasteiger partial charge in [0.05, 0.1) is 33.3 Å². The molecule has 3 aromatic rings. The average molecular weight is 531 g/mol. The van der Waals surface area contributed by atoms with Crippen molar-refractivity contribution in [3.8, 4) is 17.1 Å². The van der Waals surface area contributed by atoms with Crippen LogP contribution in [0.5, 0.6) is 0 Å². The number of nitrogens with zero attached hydrogens (tertiary/aromatic N) is 9. The Hall–Kier alpha value is -5.10. The molecule has 0 fully saturated rings. The molecule has 0 saturated heterocycles. The predicted molar refractivity (Wildman–Crippen MR) is 160 cm³/mol. The minimum atomic E-state index is 0.417. The van der Waals surface area contributed by atoms with E-state index in [2.05, 4.69) is 85.7 Å². The maximum atomic E-state index is 8.48. The van der Waals surface area contributed by atoms with Crippen LogP contribution in [-0.4, -0.2) is 47.6 Å². The summed E-state index contributed by atoms with van der Waals surface area (Å²) in [5.74, 6) is 0. The predicted octanol–water partition coefficient (Wildman–Crippen LogP) is 6.62. The summed E-state index contributed by atoms with van der Waals surface area (Å²) in [5.41, 5.74) is 16.3. The van der Waals surface area contributed by atoms with Gasteiger partial charge in [-0.1, -0.05) is 23.3 Å². The third-order valence-corrected chi connectivity index (χ3v) is 6.95. The van der Waals surface area contributed by atoms with Gasteiger partial charge in [-0.2, -0.15) is 0 Å². The number of fused-ring (bicyclic) bond motifs is 2. The fourth-order valence-corrected chi connectivity index (χ4v) is 4.79. The van der Waals surface area contributed by atoms with Crippen LogP contribution in [0, 0.1) is 0 Å². The van der Waals surface area contributed by atoms with E-state index in [-0.39, 0.29) is 0 Å². The monoisotopic (exact) mass is 530 g/mol. The van der Waals surface area contributed by atoms with Gasteiger partial charge >= 0.3 is 5.36 Å². The second-order valence-corrected chi connectivity index (χ2v) is 9.39. The molecule has 0 radical (unpaired) electrons. The molecule has 0 unspecified atom stereocenters. The molecule has 200 valence electrons. The molecule has 0 atom stereocenters. The van der Waals surface area contributed by atoms with Gasteiger partial charge in [0.15, 0.2) is 0 Å². The molecule has 0 saturated carbocycles. The summed E-state index contributed by atoms with van der Waals surface area (Å²) in [5, 5.41) is 8.83. The second kappa shape index (κ2) is 12.2. The SMILES string of the molecule is CCN(CC)c1ccc2nc3ccc(=[N+]=Nc4ccc(N(C)CCN=[N+]=[N-])cc4)cc-3n(-c3ccccc3)c2c1. The quantitative estimate of drug-likeness (QED) is 0.0927. The topological polar surface area (TPSA) is 99.5 Å². The highest BCUT2D eigenvalue weighted by Crippen LogP contribution is 2.30. The number of hydrogen-bond acceptors (Lipinski definition) is 5. The minimum Gasteiger partial charge on any atom is -0.374 e. The van der Waals surface area contributed by atoms with Gasteiger partial charge in [0.25, 0.3) is 0 Å². The molecule has 5 rings (SSSR count). The maximum Gasteiger partial charge on any atom is 0.367 e. The zero-order chi connectivity index (χ0) is 27.9. The van der Waals surface area contributed by atoms with Gasteiger partial charge in [-0.3, -0.25) is 0 Å². The lowest BCUT2D eigenvalue weighted by molar-refractivity contribution is -0.132. The van der Waals surface area contributed by atoms with E-state index in [9.17, 15) is 0 Å². The van der Waals surface area contributed by atoms with Crippen LogP contribution in [0.1, 0.15) is 13.8 Å². The number of hydrogen-bond donors (Lipinski definition) is 0. The second-order valence-electron chi connectivity index (χ2n) is 9.39. The first-order chi connectivity index (χ1) is 19.6. The highest BCUT2D eigenvalue weighted by Gasteiger charge is 2.17. The van der Waals surface area contributed by atoms with Crippen LogP contribution in [0.25, 0.3) is 38.6 Å². The van der Waals surface area contributed by atoms with Crippen molar-refractivity contribution in [2.45, 2.75) is 13.8 Å². The molecule has 3 aromatic carbocycles. The van der Waals surface area contributed by atoms with Crippen molar-refractivity contribution in [3.05, 3.63) is 107 Å². The van der Waals surface area contributed by atoms with Crippen LogP contribution in [0.15, 0.2) is 101 Å². The van der Waals surface area contributed by atoms with Crippen molar-refractivity contribution in [2.24, 2.45) is 10.2 Å². The number of aromatic nitrogens is 2. The Morgan fingerprint density at radius 2 is 1.62 bits per heavy atom. The van der Waals surface area contributed by atoms with Gasteiger partial charge in [0, 0.05) is 61.3 Å². The van der Waals surface area contributed by atoms with Gasteiger partial charge in [-0.15, -0.1) is 0 Å². The zero-order valence-electron chi connectivity index (χ0n) is 23.0. The van der Waals surface area contributed by atoms with Crippen LogP contribution in [0.2, 0.25) is 0 Å². The lowest BCUT2D eigenvalue weighted by Gasteiger charge is -2.23. The van der Waals surface area contributed by atoms with Crippen molar-refractivity contribution in [3.63, 3.8) is 0 Å². The Morgan fingerprint density at radius 1 is 0.875 bits per heavy atom. The largest absolute Gasteiger partial charge is 0.374 e.